The fraction of sp³-hybridized carbons (Fsp3) is 0.350. The van der Waals surface area contributed by atoms with Gasteiger partial charge in [0.25, 0.3) is 5.91 Å². The van der Waals surface area contributed by atoms with Gasteiger partial charge in [-0.25, -0.2) is 4.98 Å². The van der Waals surface area contributed by atoms with Gasteiger partial charge in [-0.05, 0) is 37.1 Å². The number of ether oxygens (including phenoxy) is 2. The number of rotatable bonds is 5. The van der Waals surface area contributed by atoms with Crippen LogP contribution in [0.4, 0.5) is 5.82 Å². The SMILES string of the molecule is COc1cc(OC)cc(C(=O)N2CCCC(C(=O)Nc3ccc(Cl)cn3)C2)c1. The zero-order chi connectivity index (χ0) is 20.1. The van der Waals surface area contributed by atoms with Gasteiger partial charge < -0.3 is 19.7 Å². The number of pyridine rings is 1. The van der Waals surface area contributed by atoms with Crippen molar-refractivity contribution in [2.75, 3.05) is 32.6 Å². The van der Waals surface area contributed by atoms with Crippen molar-refractivity contribution in [1.82, 2.24) is 9.88 Å². The third kappa shape index (κ3) is 4.72. The smallest absolute Gasteiger partial charge is 0.254 e. The van der Waals surface area contributed by atoms with Crippen LogP contribution in [0.1, 0.15) is 23.2 Å². The number of hydrogen-bond acceptors (Lipinski definition) is 5. The van der Waals surface area contributed by atoms with E-state index in [1.54, 1.807) is 35.2 Å². The zero-order valence-corrected chi connectivity index (χ0v) is 16.5. The van der Waals surface area contributed by atoms with E-state index in [0.29, 0.717) is 47.4 Å². The molecule has 1 aromatic heterocycles. The average molecular weight is 404 g/mol. The number of piperidine rings is 1. The standard InChI is InChI=1S/C20H22ClN3O4/c1-27-16-8-14(9-17(10-16)28-2)20(26)24-7-3-4-13(12-24)19(25)23-18-6-5-15(21)11-22-18/h5-6,8-11,13H,3-4,7,12H2,1-2H3,(H,22,23,25). The molecule has 0 aliphatic carbocycles. The first-order chi connectivity index (χ1) is 13.5. The Bertz CT molecular complexity index is 835. The maximum atomic E-state index is 13.0. The molecule has 2 amide bonds. The van der Waals surface area contributed by atoms with Crippen molar-refractivity contribution in [1.29, 1.82) is 0 Å². The molecule has 2 heterocycles. The Balaban J connectivity index is 1.69. The van der Waals surface area contributed by atoms with E-state index in [2.05, 4.69) is 10.3 Å². The molecule has 1 atom stereocenters. The molecule has 0 spiro atoms. The molecule has 1 aliphatic rings. The molecular formula is C20H22ClN3O4. The van der Waals surface area contributed by atoms with Crippen LogP contribution >= 0.6 is 11.6 Å². The summed E-state index contributed by atoms with van der Waals surface area (Å²) in [7, 11) is 3.07. The molecule has 0 bridgehead atoms. The Hall–Kier alpha value is -2.80. The number of aromatic nitrogens is 1. The van der Waals surface area contributed by atoms with E-state index in [1.807, 2.05) is 0 Å². The summed E-state index contributed by atoms with van der Waals surface area (Å²) in [5.74, 6) is 0.915. The van der Waals surface area contributed by atoms with Crippen LogP contribution in [0.15, 0.2) is 36.5 Å². The lowest BCUT2D eigenvalue weighted by Crippen LogP contribution is -2.43. The van der Waals surface area contributed by atoms with Gasteiger partial charge in [0.1, 0.15) is 17.3 Å². The number of methoxy groups -OCH3 is 2. The van der Waals surface area contributed by atoms with Gasteiger partial charge in [0.05, 0.1) is 25.2 Å². The first-order valence-corrected chi connectivity index (χ1v) is 9.32. The van der Waals surface area contributed by atoms with E-state index in [-0.39, 0.29) is 17.7 Å². The normalized spacial score (nSPS) is 16.4. The van der Waals surface area contributed by atoms with Crippen molar-refractivity contribution in [3.05, 3.63) is 47.1 Å². The molecule has 8 heteroatoms. The minimum Gasteiger partial charge on any atom is -0.497 e. The second-order valence-corrected chi connectivity index (χ2v) is 6.98. The summed E-state index contributed by atoms with van der Waals surface area (Å²) in [5, 5.41) is 3.29. The molecule has 1 aliphatic heterocycles. The third-order valence-corrected chi connectivity index (χ3v) is 4.88. The maximum Gasteiger partial charge on any atom is 0.254 e. The molecule has 7 nitrogen and oxygen atoms in total. The van der Waals surface area contributed by atoms with E-state index < -0.39 is 0 Å². The van der Waals surface area contributed by atoms with E-state index in [4.69, 9.17) is 21.1 Å². The first kappa shape index (κ1) is 19.9. The van der Waals surface area contributed by atoms with Crippen molar-refractivity contribution >= 4 is 29.2 Å². The lowest BCUT2D eigenvalue weighted by atomic mass is 9.96. The summed E-state index contributed by atoms with van der Waals surface area (Å²) >= 11 is 5.82. The first-order valence-electron chi connectivity index (χ1n) is 8.95. The third-order valence-electron chi connectivity index (χ3n) is 4.66. The maximum absolute atomic E-state index is 13.0. The highest BCUT2D eigenvalue weighted by Gasteiger charge is 2.29. The highest BCUT2D eigenvalue weighted by Crippen LogP contribution is 2.26. The number of nitrogens with one attached hydrogen (secondary N) is 1. The van der Waals surface area contributed by atoms with Crippen molar-refractivity contribution in [3.8, 4) is 11.5 Å². The van der Waals surface area contributed by atoms with Gasteiger partial charge >= 0.3 is 0 Å². The molecule has 1 aromatic carbocycles. The van der Waals surface area contributed by atoms with Crippen LogP contribution in [0.5, 0.6) is 11.5 Å². The summed E-state index contributed by atoms with van der Waals surface area (Å²) in [6, 6.07) is 8.37. The second kappa shape index (κ2) is 8.93. The van der Waals surface area contributed by atoms with Crippen molar-refractivity contribution < 1.29 is 19.1 Å². The fourth-order valence-electron chi connectivity index (χ4n) is 3.17. The van der Waals surface area contributed by atoms with E-state index in [9.17, 15) is 9.59 Å². The molecule has 1 unspecified atom stereocenters. The number of benzene rings is 1. The molecule has 0 saturated carbocycles. The molecule has 1 N–H and O–H groups in total. The van der Waals surface area contributed by atoms with Gasteiger partial charge in [-0.3, -0.25) is 9.59 Å². The van der Waals surface area contributed by atoms with E-state index in [1.165, 1.54) is 20.4 Å². The second-order valence-electron chi connectivity index (χ2n) is 6.54. The number of carbonyl (C=O) groups excluding carboxylic acids is 2. The highest BCUT2D eigenvalue weighted by atomic mass is 35.5. The van der Waals surface area contributed by atoms with Crippen LogP contribution in [0.25, 0.3) is 0 Å². The lowest BCUT2D eigenvalue weighted by molar-refractivity contribution is -0.121. The van der Waals surface area contributed by atoms with Crippen LogP contribution in [-0.2, 0) is 4.79 Å². The fourth-order valence-corrected chi connectivity index (χ4v) is 3.28. The topological polar surface area (TPSA) is 80.8 Å². The number of amides is 2. The number of hydrogen-bond donors (Lipinski definition) is 1. The molecule has 3 rings (SSSR count). The van der Waals surface area contributed by atoms with Crippen LogP contribution in [0.3, 0.4) is 0 Å². The number of anilines is 1. The molecule has 1 fully saturated rings. The van der Waals surface area contributed by atoms with Crippen molar-refractivity contribution in [2.45, 2.75) is 12.8 Å². The van der Waals surface area contributed by atoms with Crippen LogP contribution in [0.2, 0.25) is 5.02 Å². The van der Waals surface area contributed by atoms with Gasteiger partial charge in [-0.1, -0.05) is 11.6 Å². The monoisotopic (exact) mass is 403 g/mol. The zero-order valence-electron chi connectivity index (χ0n) is 15.8. The molecular weight excluding hydrogens is 382 g/mol. The average Bonchev–Trinajstić information content (AvgIpc) is 2.74. The van der Waals surface area contributed by atoms with Crippen LogP contribution < -0.4 is 14.8 Å². The van der Waals surface area contributed by atoms with Gasteiger partial charge in [0, 0.05) is 30.9 Å². The van der Waals surface area contributed by atoms with Gasteiger partial charge in [-0.2, -0.15) is 0 Å². The number of likely N-dealkylation sites (tertiary alicyclic amines) is 1. The molecule has 28 heavy (non-hydrogen) atoms. The molecule has 1 saturated heterocycles. The summed E-state index contributed by atoms with van der Waals surface area (Å²) in [6.07, 6.45) is 2.94. The Morgan fingerprint density at radius 3 is 2.50 bits per heavy atom. The predicted octanol–water partition coefficient (Wildman–Crippen LogP) is 3.24. The Morgan fingerprint density at radius 2 is 1.89 bits per heavy atom. The van der Waals surface area contributed by atoms with Crippen molar-refractivity contribution in [2.24, 2.45) is 5.92 Å². The summed E-state index contributed by atoms with van der Waals surface area (Å²) < 4.78 is 10.5. The lowest BCUT2D eigenvalue weighted by Gasteiger charge is -2.32. The summed E-state index contributed by atoms with van der Waals surface area (Å²) in [4.78, 5) is 31.3. The van der Waals surface area contributed by atoms with Gasteiger partial charge in [0.2, 0.25) is 5.91 Å². The van der Waals surface area contributed by atoms with E-state index in [0.717, 1.165) is 6.42 Å². The van der Waals surface area contributed by atoms with Gasteiger partial charge in [-0.15, -0.1) is 0 Å². The van der Waals surface area contributed by atoms with Gasteiger partial charge in [0.15, 0.2) is 0 Å². The Labute approximate surface area is 168 Å². The quantitative estimate of drug-likeness (QED) is 0.828. The van der Waals surface area contributed by atoms with Crippen LogP contribution in [-0.4, -0.2) is 49.0 Å². The van der Waals surface area contributed by atoms with Crippen LogP contribution in [0, 0.1) is 5.92 Å². The van der Waals surface area contributed by atoms with E-state index >= 15 is 0 Å². The summed E-state index contributed by atoms with van der Waals surface area (Å²) in [6.45, 7) is 0.944. The minimum atomic E-state index is -0.303. The molecule has 2 aromatic rings. The molecule has 0 radical (unpaired) electrons. The number of halogens is 1. The highest BCUT2D eigenvalue weighted by molar-refractivity contribution is 6.30. The number of carbonyl (C=O) groups is 2. The molecule has 148 valence electrons. The number of nitrogens with zero attached hydrogens (tertiary/aromatic N) is 2. The summed E-state index contributed by atoms with van der Waals surface area (Å²) in [5.41, 5.74) is 0.469. The minimum absolute atomic E-state index is 0.153. The predicted molar refractivity (Wildman–Crippen MR) is 106 cm³/mol. The Kier molecular flexibility index (Phi) is 6.36. The largest absolute Gasteiger partial charge is 0.497 e. The van der Waals surface area contributed by atoms with Crippen molar-refractivity contribution in [3.63, 3.8) is 0 Å². The Morgan fingerprint density at radius 1 is 1.18 bits per heavy atom.